The first-order valence-corrected chi connectivity index (χ1v) is 4.35. The Morgan fingerprint density at radius 3 is 2.00 bits per heavy atom. The molecule has 5 heteroatoms. The second-order valence-electron chi connectivity index (χ2n) is 3.14. The molecule has 0 aliphatic carbocycles. The zero-order valence-corrected chi connectivity index (χ0v) is 7.96. The molecule has 1 aromatic carbocycles. The van der Waals surface area contributed by atoms with Crippen LogP contribution in [0, 0.1) is 0 Å². The highest BCUT2D eigenvalue weighted by atomic mass is 16.3. The van der Waals surface area contributed by atoms with Crippen molar-refractivity contribution in [3.63, 3.8) is 0 Å². The maximum absolute atomic E-state index is 11.1. The molecule has 0 bridgehead atoms. The van der Waals surface area contributed by atoms with Crippen LogP contribution in [0.5, 0.6) is 0 Å². The largest absolute Gasteiger partial charge is 0.382 e. The predicted molar refractivity (Wildman–Crippen MR) is 53.6 cm³/mol. The van der Waals surface area contributed by atoms with Gasteiger partial charge in [-0.25, -0.2) is 0 Å². The number of primary amides is 2. The molecule has 0 aliphatic heterocycles. The van der Waals surface area contributed by atoms with Gasteiger partial charge in [-0.2, -0.15) is 0 Å². The Bertz CT molecular complexity index is 364. The van der Waals surface area contributed by atoms with E-state index in [9.17, 15) is 14.7 Å². The van der Waals surface area contributed by atoms with E-state index in [4.69, 9.17) is 11.5 Å². The summed E-state index contributed by atoms with van der Waals surface area (Å²) in [5.41, 5.74) is 10.5. The smallest absolute Gasteiger partial charge is 0.247 e. The zero-order valence-electron chi connectivity index (χ0n) is 7.96. The molecule has 0 unspecified atom stereocenters. The van der Waals surface area contributed by atoms with E-state index in [0.717, 1.165) is 0 Å². The average molecular weight is 208 g/mol. The van der Waals surface area contributed by atoms with Crippen LogP contribution in [0.15, 0.2) is 30.3 Å². The molecule has 0 saturated carbocycles. The van der Waals surface area contributed by atoms with E-state index in [1.807, 2.05) is 0 Å². The molecule has 5 nitrogen and oxygen atoms in total. The minimum Gasteiger partial charge on any atom is -0.382 e. The summed E-state index contributed by atoms with van der Waals surface area (Å²) >= 11 is 0. The van der Waals surface area contributed by atoms with Gasteiger partial charge in [0.2, 0.25) is 11.8 Å². The lowest BCUT2D eigenvalue weighted by Gasteiger charge is -2.17. The molecule has 2 atom stereocenters. The highest BCUT2D eigenvalue weighted by Gasteiger charge is 2.30. The summed E-state index contributed by atoms with van der Waals surface area (Å²) in [7, 11) is 0. The minimum atomic E-state index is -1.59. The second kappa shape index (κ2) is 4.56. The van der Waals surface area contributed by atoms with Gasteiger partial charge in [-0.05, 0) is 5.56 Å². The molecular formula is C10H12N2O3. The Morgan fingerprint density at radius 2 is 1.60 bits per heavy atom. The third-order valence-corrected chi connectivity index (χ3v) is 2.07. The van der Waals surface area contributed by atoms with Gasteiger partial charge in [-0.3, -0.25) is 9.59 Å². The van der Waals surface area contributed by atoms with Crippen molar-refractivity contribution in [2.45, 2.75) is 12.0 Å². The fourth-order valence-electron chi connectivity index (χ4n) is 1.33. The molecule has 1 aromatic rings. The van der Waals surface area contributed by atoms with Crippen LogP contribution < -0.4 is 11.5 Å². The predicted octanol–water partition coefficient (Wildman–Crippen LogP) is -0.898. The highest BCUT2D eigenvalue weighted by Crippen LogP contribution is 2.18. The van der Waals surface area contributed by atoms with Crippen molar-refractivity contribution in [3.05, 3.63) is 35.9 Å². The van der Waals surface area contributed by atoms with Crippen molar-refractivity contribution in [2.24, 2.45) is 11.5 Å². The van der Waals surface area contributed by atoms with Crippen molar-refractivity contribution in [1.29, 1.82) is 0 Å². The number of carbonyl (C=O) groups is 2. The maximum atomic E-state index is 11.1. The Labute approximate surface area is 86.7 Å². The van der Waals surface area contributed by atoms with Crippen LogP contribution in [0.3, 0.4) is 0 Å². The number of amides is 2. The molecule has 0 aromatic heterocycles. The van der Waals surface area contributed by atoms with E-state index >= 15 is 0 Å². The molecule has 0 heterocycles. The summed E-state index contributed by atoms with van der Waals surface area (Å²) < 4.78 is 0. The van der Waals surface area contributed by atoms with Crippen LogP contribution in [0.4, 0.5) is 0 Å². The minimum absolute atomic E-state index is 0.469. The van der Waals surface area contributed by atoms with Gasteiger partial charge >= 0.3 is 0 Å². The van der Waals surface area contributed by atoms with Crippen LogP contribution >= 0.6 is 0 Å². The van der Waals surface area contributed by atoms with E-state index in [-0.39, 0.29) is 0 Å². The van der Waals surface area contributed by atoms with Crippen LogP contribution in [-0.4, -0.2) is 23.0 Å². The van der Waals surface area contributed by atoms with E-state index < -0.39 is 23.8 Å². The topological polar surface area (TPSA) is 106 Å². The van der Waals surface area contributed by atoms with Crippen molar-refractivity contribution in [3.8, 4) is 0 Å². The third kappa shape index (κ3) is 2.54. The van der Waals surface area contributed by atoms with Gasteiger partial charge in [0.25, 0.3) is 0 Å². The van der Waals surface area contributed by atoms with Gasteiger partial charge in [-0.1, -0.05) is 30.3 Å². The third-order valence-electron chi connectivity index (χ3n) is 2.07. The summed E-state index contributed by atoms with van der Waals surface area (Å²) in [6.07, 6.45) is -1.59. The van der Waals surface area contributed by atoms with Crippen molar-refractivity contribution < 1.29 is 14.7 Å². The van der Waals surface area contributed by atoms with Gasteiger partial charge in [0.05, 0.1) is 5.92 Å². The fraction of sp³-hybridized carbons (Fsp3) is 0.200. The van der Waals surface area contributed by atoms with Crippen molar-refractivity contribution in [2.75, 3.05) is 0 Å². The number of nitrogens with two attached hydrogens (primary N) is 2. The second-order valence-corrected chi connectivity index (χ2v) is 3.14. The number of hydrogen-bond donors (Lipinski definition) is 3. The number of aliphatic hydroxyl groups is 1. The Kier molecular flexibility index (Phi) is 3.41. The SMILES string of the molecule is NC(=O)[C@H](O)[C@@H](C(N)=O)c1ccccc1. The zero-order chi connectivity index (χ0) is 11.4. The number of aliphatic hydroxyl groups excluding tert-OH is 1. The Hall–Kier alpha value is -1.88. The fourth-order valence-corrected chi connectivity index (χ4v) is 1.33. The molecule has 0 saturated heterocycles. The lowest BCUT2D eigenvalue weighted by atomic mass is 9.92. The number of rotatable bonds is 4. The van der Waals surface area contributed by atoms with Crippen molar-refractivity contribution >= 4 is 11.8 Å². The summed E-state index contributed by atoms with van der Waals surface area (Å²) in [6, 6.07) is 8.30. The molecule has 0 radical (unpaired) electrons. The van der Waals surface area contributed by atoms with E-state index in [2.05, 4.69) is 0 Å². The van der Waals surface area contributed by atoms with Gasteiger partial charge in [0.1, 0.15) is 6.10 Å². The Balaban J connectivity index is 3.04. The van der Waals surface area contributed by atoms with Crippen molar-refractivity contribution in [1.82, 2.24) is 0 Å². The molecular weight excluding hydrogens is 196 g/mol. The summed E-state index contributed by atoms with van der Waals surface area (Å²) in [5.74, 6) is -2.85. The summed E-state index contributed by atoms with van der Waals surface area (Å²) in [4.78, 5) is 21.9. The summed E-state index contributed by atoms with van der Waals surface area (Å²) in [6.45, 7) is 0. The van der Waals surface area contributed by atoms with Gasteiger partial charge in [0, 0.05) is 0 Å². The first-order chi connectivity index (χ1) is 7.04. The van der Waals surface area contributed by atoms with E-state index in [1.165, 1.54) is 0 Å². The molecule has 0 fully saturated rings. The molecule has 5 N–H and O–H groups in total. The summed E-state index contributed by atoms with van der Waals surface area (Å²) in [5, 5.41) is 9.43. The molecule has 0 spiro atoms. The quantitative estimate of drug-likeness (QED) is 0.597. The van der Waals surface area contributed by atoms with Crippen LogP contribution in [0.2, 0.25) is 0 Å². The molecule has 2 amide bonds. The average Bonchev–Trinajstić information content (AvgIpc) is 2.18. The van der Waals surface area contributed by atoms with Gasteiger partial charge in [-0.15, -0.1) is 0 Å². The normalized spacial score (nSPS) is 14.2. The standard InChI is InChI=1S/C10H12N2O3/c11-9(14)7(8(13)10(12)15)6-4-2-1-3-5-6/h1-5,7-8,13H,(H2,11,14)(H2,12,15)/t7-,8+/m0/s1. The molecule has 0 aliphatic rings. The highest BCUT2D eigenvalue weighted by molar-refractivity contribution is 5.91. The Morgan fingerprint density at radius 1 is 1.07 bits per heavy atom. The molecule has 1 rings (SSSR count). The number of benzene rings is 1. The maximum Gasteiger partial charge on any atom is 0.247 e. The first kappa shape index (κ1) is 11.2. The van der Waals surface area contributed by atoms with E-state index in [0.29, 0.717) is 5.56 Å². The monoisotopic (exact) mass is 208 g/mol. The number of hydrogen-bond acceptors (Lipinski definition) is 3. The van der Waals surface area contributed by atoms with E-state index in [1.54, 1.807) is 30.3 Å². The first-order valence-electron chi connectivity index (χ1n) is 4.35. The van der Waals surface area contributed by atoms with Gasteiger partial charge in [0.15, 0.2) is 0 Å². The number of carbonyl (C=O) groups excluding carboxylic acids is 2. The van der Waals surface area contributed by atoms with Crippen LogP contribution in [-0.2, 0) is 9.59 Å². The lowest BCUT2D eigenvalue weighted by molar-refractivity contribution is -0.133. The molecule has 15 heavy (non-hydrogen) atoms. The lowest BCUT2D eigenvalue weighted by Crippen LogP contribution is -2.40. The van der Waals surface area contributed by atoms with Gasteiger partial charge < -0.3 is 16.6 Å². The van der Waals surface area contributed by atoms with Crippen LogP contribution in [0.1, 0.15) is 11.5 Å². The molecule has 80 valence electrons. The van der Waals surface area contributed by atoms with Crippen LogP contribution in [0.25, 0.3) is 0 Å².